The number of aliphatic hydroxyl groups excluding tert-OH is 1. The summed E-state index contributed by atoms with van der Waals surface area (Å²) >= 11 is 0. The number of unbranched alkanes of at least 4 members (excludes halogenated alkanes) is 1. The fourth-order valence-corrected chi connectivity index (χ4v) is 1.97. The van der Waals surface area contributed by atoms with E-state index in [0.29, 0.717) is 19.0 Å². The molecular weight excluding hydrogens is 240 g/mol. The molecule has 0 heterocycles. The Balaban J connectivity index is 3.96. The van der Waals surface area contributed by atoms with E-state index < -0.39 is 0 Å². The van der Waals surface area contributed by atoms with E-state index in [1.165, 1.54) is 0 Å². The fourth-order valence-electron chi connectivity index (χ4n) is 1.97. The quantitative estimate of drug-likeness (QED) is 0.605. The topological polar surface area (TPSA) is 52.6 Å². The zero-order valence-corrected chi connectivity index (χ0v) is 13.1. The van der Waals surface area contributed by atoms with Gasteiger partial charge in [0.25, 0.3) is 0 Å². The van der Waals surface area contributed by atoms with Crippen molar-refractivity contribution in [3.8, 4) is 0 Å². The number of carbonyl (C=O) groups is 1. The van der Waals surface area contributed by atoms with Crippen molar-refractivity contribution in [1.29, 1.82) is 0 Å². The van der Waals surface area contributed by atoms with Crippen molar-refractivity contribution in [2.75, 3.05) is 26.2 Å². The summed E-state index contributed by atoms with van der Waals surface area (Å²) in [4.78, 5) is 13.9. The molecule has 0 bridgehead atoms. The molecule has 0 aliphatic carbocycles. The van der Waals surface area contributed by atoms with Gasteiger partial charge in [-0.15, -0.1) is 0 Å². The predicted molar refractivity (Wildman–Crippen MR) is 80.1 cm³/mol. The molecule has 0 aromatic heterocycles. The molecule has 2 N–H and O–H groups in total. The first kappa shape index (κ1) is 18.4. The third-order valence-electron chi connectivity index (χ3n) is 3.20. The highest BCUT2D eigenvalue weighted by Crippen LogP contribution is 2.06. The first-order valence-electron chi connectivity index (χ1n) is 7.62. The number of hydrogen-bond donors (Lipinski definition) is 2. The Kier molecular flexibility index (Phi) is 10.9. The summed E-state index contributed by atoms with van der Waals surface area (Å²) in [5, 5.41) is 12.0. The Bertz CT molecular complexity index is 232. The predicted octanol–water partition coefficient (Wildman–Crippen LogP) is 2.02. The third-order valence-corrected chi connectivity index (χ3v) is 3.20. The molecule has 0 radical (unpaired) electrons. The molecule has 0 aromatic rings. The maximum absolute atomic E-state index is 11.9. The maximum Gasteiger partial charge on any atom is 0.234 e. The second-order valence-corrected chi connectivity index (χ2v) is 5.79. The van der Waals surface area contributed by atoms with Crippen molar-refractivity contribution in [2.45, 2.75) is 59.4 Å². The normalized spacial score (nSPS) is 13.0. The molecule has 1 amide bonds. The van der Waals surface area contributed by atoms with Gasteiger partial charge in [-0.25, -0.2) is 0 Å². The van der Waals surface area contributed by atoms with Crippen LogP contribution in [-0.4, -0.2) is 48.2 Å². The third kappa shape index (κ3) is 11.0. The van der Waals surface area contributed by atoms with Gasteiger partial charge in [0.05, 0.1) is 13.2 Å². The van der Waals surface area contributed by atoms with Gasteiger partial charge in [0.1, 0.15) is 0 Å². The molecule has 0 saturated carbocycles. The zero-order valence-electron chi connectivity index (χ0n) is 13.1. The summed E-state index contributed by atoms with van der Waals surface area (Å²) in [6.45, 7) is 10.5. The van der Waals surface area contributed by atoms with E-state index in [4.69, 9.17) is 5.11 Å². The molecule has 1 atom stereocenters. The smallest absolute Gasteiger partial charge is 0.234 e. The van der Waals surface area contributed by atoms with Crippen molar-refractivity contribution < 1.29 is 9.90 Å². The summed E-state index contributed by atoms with van der Waals surface area (Å²) in [5.74, 6) is 0.746. The van der Waals surface area contributed by atoms with Gasteiger partial charge in [-0.05, 0) is 38.6 Å². The van der Waals surface area contributed by atoms with E-state index in [9.17, 15) is 4.79 Å². The minimum Gasteiger partial charge on any atom is -0.395 e. The number of aliphatic hydroxyl groups is 1. The van der Waals surface area contributed by atoms with Gasteiger partial charge in [0.2, 0.25) is 5.91 Å². The van der Waals surface area contributed by atoms with E-state index >= 15 is 0 Å². The highest BCUT2D eigenvalue weighted by atomic mass is 16.3. The van der Waals surface area contributed by atoms with Crippen LogP contribution in [-0.2, 0) is 4.79 Å². The molecule has 0 fully saturated rings. The Morgan fingerprint density at radius 3 is 2.42 bits per heavy atom. The van der Waals surface area contributed by atoms with E-state index in [-0.39, 0.29) is 18.6 Å². The summed E-state index contributed by atoms with van der Waals surface area (Å²) in [7, 11) is 0. The lowest BCUT2D eigenvalue weighted by Gasteiger charge is -2.22. The Labute approximate surface area is 118 Å². The number of rotatable bonds is 11. The summed E-state index contributed by atoms with van der Waals surface area (Å²) < 4.78 is 0. The van der Waals surface area contributed by atoms with Gasteiger partial charge in [-0.3, -0.25) is 9.69 Å². The molecule has 0 aliphatic rings. The van der Waals surface area contributed by atoms with Crippen LogP contribution in [0.5, 0.6) is 0 Å². The van der Waals surface area contributed by atoms with Crippen LogP contribution in [0.25, 0.3) is 0 Å². The van der Waals surface area contributed by atoms with Gasteiger partial charge in [0.15, 0.2) is 0 Å². The van der Waals surface area contributed by atoms with Crippen LogP contribution >= 0.6 is 0 Å². The van der Waals surface area contributed by atoms with Crippen LogP contribution in [0.2, 0.25) is 0 Å². The molecule has 114 valence electrons. The highest BCUT2D eigenvalue weighted by Gasteiger charge is 2.12. The number of nitrogens with one attached hydrogen (secondary N) is 1. The fraction of sp³-hybridized carbons (Fsp3) is 0.933. The molecule has 19 heavy (non-hydrogen) atoms. The first-order valence-corrected chi connectivity index (χ1v) is 7.62. The van der Waals surface area contributed by atoms with Crippen LogP contribution in [0.4, 0.5) is 0 Å². The van der Waals surface area contributed by atoms with Gasteiger partial charge in [0, 0.05) is 12.6 Å². The lowest BCUT2D eigenvalue weighted by Crippen LogP contribution is -2.42. The minimum atomic E-state index is 0.0702. The Morgan fingerprint density at radius 1 is 1.21 bits per heavy atom. The largest absolute Gasteiger partial charge is 0.395 e. The summed E-state index contributed by atoms with van der Waals surface area (Å²) in [5.41, 5.74) is 0. The lowest BCUT2D eigenvalue weighted by atomic mass is 10.0. The monoisotopic (exact) mass is 272 g/mol. The van der Waals surface area contributed by atoms with E-state index in [1.807, 2.05) is 4.90 Å². The zero-order chi connectivity index (χ0) is 14.7. The van der Waals surface area contributed by atoms with Crippen LogP contribution in [0, 0.1) is 5.92 Å². The summed E-state index contributed by atoms with van der Waals surface area (Å²) in [6, 6.07) is 0.233. The second-order valence-electron chi connectivity index (χ2n) is 5.79. The second kappa shape index (κ2) is 11.2. The van der Waals surface area contributed by atoms with Crippen molar-refractivity contribution in [2.24, 2.45) is 5.92 Å². The van der Waals surface area contributed by atoms with E-state index in [1.54, 1.807) is 0 Å². The van der Waals surface area contributed by atoms with Crippen LogP contribution in [0.15, 0.2) is 0 Å². The molecule has 0 aliphatic heterocycles. The van der Waals surface area contributed by atoms with Gasteiger partial charge >= 0.3 is 0 Å². The molecule has 0 aromatic carbocycles. The maximum atomic E-state index is 11.9. The lowest BCUT2D eigenvalue weighted by molar-refractivity contribution is -0.123. The van der Waals surface area contributed by atoms with Crippen molar-refractivity contribution in [1.82, 2.24) is 10.2 Å². The molecule has 0 spiro atoms. The molecule has 4 heteroatoms. The van der Waals surface area contributed by atoms with Gasteiger partial charge in [-0.1, -0.05) is 27.2 Å². The van der Waals surface area contributed by atoms with Crippen molar-refractivity contribution in [3.05, 3.63) is 0 Å². The molecule has 4 nitrogen and oxygen atoms in total. The van der Waals surface area contributed by atoms with Gasteiger partial charge < -0.3 is 10.4 Å². The Hall–Kier alpha value is -0.610. The molecule has 0 saturated heterocycles. The van der Waals surface area contributed by atoms with Crippen LogP contribution in [0.1, 0.15) is 53.4 Å². The standard InChI is InChI=1S/C15H32N2O2/c1-5-6-9-17(10-11-18)12-15(19)16-14(4)8-7-13(2)3/h13-14,18H,5-12H2,1-4H3,(H,16,19). The van der Waals surface area contributed by atoms with E-state index in [2.05, 4.69) is 33.0 Å². The van der Waals surface area contributed by atoms with Crippen LogP contribution in [0.3, 0.4) is 0 Å². The van der Waals surface area contributed by atoms with Crippen molar-refractivity contribution >= 4 is 5.91 Å². The Morgan fingerprint density at radius 2 is 1.89 bits per heavy atom. The summed E-state index contributed by atoms with van der Waals surface area (Å²) in [6.07, 6.45) is 4.33. The van der Waals surface area contributed by atoms with Crippen molar-refractivity contribution in [3.63, 3.8) is 0 Å². The highest BCUT2D eigenvalue weighted by molar-refractivity contribution is 5.78. The minimum absolute atomic E-state index is 0.0702. The SMILES string of the molecule is CCCCN(CCO)CC(=O)NC(C)CCC(C)C. The average Bonchev–Trinajstić information content (AvgIpc) is 2.33. The van der Waals surface area contributed by atoms with Gasteiger partial charge in [-0.2, -0.15) is 0 Å². The molecule has 0 rings (SSSR count). The van der Waals surface area contributed by atoms with Crippen LogP contribution < -0.4 is 5.32 Å². The molecular formula is C15H32N2O2. The molecule has 1 unspecified atom stereocenters. The number of nitrogens with zero attached hydrogens (tertiary/aromatic N) is 1. The number of amides is 1. The van der Waals surface area contributed by atoms with E-state index in [0.717, 1.165) is 32.2 Å². The number of hydrogen-bond acceptors (Lipinski definition) is 3. The number of carbonyl (C=O) groups excluding carboxylic acids is 1. The first-order chi connectivity index (χ1) is 8.99. The average molecular weight is 272 g/mol.